The van der Waals surface area contributed by atoms with E-state index in [1.165, 1.54) is 26.2 Å². The van der Waals surface area contributed by atoms with Gasteiger partial charge in [0.2, 0.25) is 8.03 Å². The number of nitrogens with zero attached hydrogens (tertiary/aromatic N) is 1. The smallest absolute Gasteiger partial charge is 0.333 e. The number of aryl methyl sites for hydroxylation is 1. The van der Waals surface area contributed by atoms with E-state index in [-0.39, 0.29) is 11.7 Å². The van der Waals surface area contributed by atoms with Gasteiger partial charge in [-0.1, -0.05) is 56.3 Å². The molecular formula is C28H31FNO5P. The van der Waals surface area contributed by atoms with Crippen LogP contribution in [0, 0.1) is 12.7 Å². The Labute approximate surface area is 211 Å². The van der Waals surface area contributed by atoms with Gasteiger partial charge >= 0.3 is 5.97 Å². The van der Waals surface area contributed by atoms with E-state index in [0.717, 1.165) is 11.6 Å². The van der Waals surface area contributed by atoms with Crippen LogP contribution in [0.2, 0.25) is 0 Å². The number of carbonyl (C=O) groups excluding carboxylic acids is 1. The summed E-state index contributed by atoms with van der Waals surface area (Å²) in [6.07, 6.45) is -0.294. The van der Waals surface area contributed by atoms with E-state index in [9.17, 15) is 18.9 Å². The molecule has 0 aliphatic heterocycles. The minimum atomic E-state index is -3.13. The Kier molecular flexibility index (Phi) is 8.62. The molecule has 1 heterocycles. The maximum Gasteiger partial charge on any atom is 0.333 e. The summed E-state index contributed by atoms with van der Waals surface area (Å²) in [5, 5.41) is 8.49. The standard InChI is InChI=1S/C28H31FNO5P/c1-7-28(19(5)31,36(33)34-6)27(32)35-26-23(22-14-13-21(29)15-18(22)4)16-24(30-25(26)17(2)3)20-11-9-8-10-12-20/h7-17,19,31,36H,1H2,2-6H3. The van der Waals surface area contributed by atoms with Crippen LogP contribution in [0.5, 0.6) is 5.75 Å². The molecule has 3 atom stereocenters. The molecule has 0 amide bonds. The highest BCUT2D eigenvalue weighted by molar-refractivity contribution is 7.43. The molecule has 36 heavy (non-hydrogen) atoms. The zero-order valence-corrected chi connectivity index (χ0v) is 22.0. The fraction of sp³-hybridized carbons (Fsp3) is 0.286. The number of pyridine rings is 1. The molecule has 0 fully saturated rings. The Morgan fingerprint density at radius 3 is 2.33 bits per heavy atom. The number of esters is 1. The van der Waals surface area contributed by atoms with Gasteiger partial charge in [0.1, 0.15) is 5.82 Å². The average molecular weight is 512 g/mol. The quantitative estimate of drug-likeness (QED) is 0.206. The van der Waals surface area contributed by atoms with Crippen LogP contribution < -0.4 is 4.74 Å². The second kappa shape index (κ2) is 11.3. The van der Waals surface area contributed by atoms with Crippen LogP contribution in [0.25, 0.3) is 22.4 Å². The lowest BCUT2D eigenvalue weighted by Gasteiger charge is -2.30. The molecule has 0 saturated carbocycles. The van der Waals surface area contributed by atoms with E-state index >= 15 is 0 Å². The lowest BCUT2D eigenvalue weighted by molar-refractivity contribution is -0.138. The van der Waals surface area contributed by atoms with E-state index in [1.807, 2.05) is 44.2 Å². The fourth-order valence-electron chi connectivity index (χ4n) is 4.05. The fourth-order valence-corrected chi connectivity index (χ4v) is 5.11. The van der Waals surface area contributed by atoms with Crippen LogP contribution >= 0.6 is 8.03 Å². The van der Waals surface area contributed by atoms with Gasteiger partial charge in [-0.15, -0.1) is 6.58 Å². The van der Waals surface area contributed by atoms with Gasteiger partial charge in [-0.05, 0) is 49.1 Å². The van der Waals surface area contributed by atoms with E-state index in [0.29, 0.717) is 28.1 Å². The molecule has 0 spiro atoms. The van der Waals surface area contributed by atoms with Gasteiger partial charge in [-0.25, -0.2) is 14.2 Å². The van der Waals surface area contributed by atoms with Crippen molar-refractivity contribution >= 4 is 14.0 Å². The van der Waals surface area contributed by atoms with Crippen molar-refractivity contribution in [3.05, 3.63) is 84.3 Å². The average Bonchev–Trinajstić information content (AvgIpc) is 2.85. The number of aliphatic hydroxyl groups excluding tert-OH is 1. The van der Waals surface area contributed by atoms with Gasteiger partial charge in [0.15, 0.2) is 10.9 Å². The van der Waals surface area contributed by atoms with Crippen LogP contribution in [0.15, 0.2) is 67.3 Å². The summed E-state index contributed by atoms with van der Waals surface area (Å²) >= 11 is 0. The lowest BCUT2D eigenvalue weighted by atomic mass is 9.94. The Hall–Kier alpha value is -3.12. The number of rotatable bonds is 9. The minimum absolute atomic E-state index is 0.141. The highest BCUT2D eigenvalue weighted by Gasteiger charge is 2.49. The molecule has 190 valence electrons. The zero-order chi connectivity index (χ0) is 26.6. The van der Waals surface area contributed by atoms with Crippen molar-refractivity contribution in [1.29, 1.82) is 0 Å². The normalized spacial score (nSPS) is 14.7. The largest absolute Gasteiger partial charge is 0.423 e. The predicted octanol–water partition coefficient (Wildman–Crippen LogP) is 6.32. The van der Waals surface area contributed by atoms with Crippen molar-refractivity contribution in [3.8, 4) is 28.1 Å². The Morgan fingerprint density at radius 2 is 1.81 bits per heavy atom. The van der Waals surface area contributed by atoms with Crippen molar-refractivity contribution in [3.63, 3.8) is 0 Å². The second-order valence-electron chi connectivity index (χ2n) is 8.88. The van der Waals surface area contributed by atoms with Crippen molar-refractivity contribution in [1.82, 2.24) is 4.98 Å². The predicted molar refractivity (Wildman–Crippen MR) is 140 cm³/mol. The van der Waals surface area contributed by atoms with Gasteiger partial charge in [0, 0.05) is 18.2 Å². The topological polar surface area (TPSA) is 85.7 Å². The van der Waals surface area contributed by atoms with Crippen LogP contribution in [0.3, 0.4) is 0 Å². The Balaban J connectivity index is 2.32. The van der Waals surface area contributed by atoms with Crippen LogP contribution in [0.4, 0.5) is 4.39 Å². The first-order chi connectivity index (χ1) is 17.1. The molecule has 0 saturated heterocycles. The number of hydrogen-bond donors (Lipinski definition) is 1. The van der Waals surface area contributed by atoms with Crippen LogP contribution in [0.1, 0.15) is 37.9 Å². The molecule has 1 N–H and O–H groups in total. The number of aliphatic hydroxyl groups is 1. The molecule has 1 aromatic heterocycles. The number of halogens is 1. The minimum Gasteiger partial charge on any atom is -0.423 e. The monoisotopic (exact) mass is 511 g/mol. The summed E-state index contributed by atoms with van der Waals surface area (Å²) in [6.45, 7) is 10.5. The third-order valence-electron chi connectivity index (χ3n) is 6.13. The summed E-state index contributed by atoms with van der Waals surface area (Å²) in [5.74, 6) is -1.41. The summed E-state index contributed by atoms with van der Waals surface area (Å²) in [4.78, 5) is 18.4. The zero-order valence-electron chi connectivity index (χ0n) is 21.0. The van der Waals surface area contributed by atoms with Gasteiger partial charge in [0.05, 0.1) is 17.5 Å². The van der Waals surface area contributed by atoms with Gasteiger partial charge in [-0.3, -0.25) is 4.57 Å². The molecule has 0 bridgehead atoms. The molecule has 0 radical (unpaired) electrons. The Bertz CT molecular complexity index is 1290. The molecule has 8 heteroatoms. The van der Waals surface area contributed by atoms with E-state index < -0.39 is 31.1 Å². The number of hydrogen-bond acceptors (Lipinski definition) is 6. The van der Waals surface area contributed by atoms with E-state index in [1.54, 1.807) is 19.1 Å². The van der Waals surface area contributed by atoms with Crippen LogP contribution in [-0.2, 0) is 13.9 Å². The second-order valence-corrected chi connectivity index (χ2v) is 10.7. The molecule has 3 rings (SSSR count). The molecular weight excluding hydrogens is 480 g/mol. The van der Waals surface area contributed by atoms with Gasteiger partial charge in [-0.2, -0.15) is 0 Å². The maximum absolute atomic E-state index is 14.0. The molecule has 2 aromatic carbocycles. The molecule has 3 aromatic rings. The maximum atomic E-state index is 14.0. The SMILES string of the molecule is C=CC(C(=O)Oc1c(-c2ccc(F)cc2C)cc(-c2ccccc2)nc1C(C)C)(C(C)O)[PH](=O)OC. The van der Waals surface area contributed by atoms with E-state index in [2.05, 4.69) is 6.58 Å². The third-order valence-corrected chi connectivity index (χ3v) is 8.00. The molecule has 3 unspecified atom stereocenters. The van der Waals surface area contributed by atoms with Crippen LogP contribution in [-0.4, -0.2) is 34.4 Å². The summed E-state index contributed by atoms with van der Waals surface area (Å²) in [5.41, 5.74) is 3.76. The van der Waals surface area contributed by atoms with Crippen molar-refractivity contribution in [2.24, 2.45) is 0 Å². The van der Waals surface area contributed by atoms with E-state index in [4.69, 9.17) is 14.2 Å². The van der Waals surface area contributed by atoms with Gasteiger partial charge < -0.3 is 14.4 Å². The lowest BCUT2D eigenvalue weighted by Crippen LogP contribution is -2.46. The highest BCUT2D eigenvalue weighted by Crippen LogP contribution is 2.46. The molecule has 0 aliphatic rings. The van der Waals surface area contributed by atoms with Gasteiger partial charge in [0.25, 0.3) is 0 Å². The summed E-state index contributed by atoms with van der Waals surface area (Å²) in [7, 11) is -1.94. The molecule has 0 aliphatic carbocycles. The highest BCUT2D eigenvalue weighted by atomic mass is 31.1. The summed E-state index contributed by atoms with van der Waals surface area (Å²) < 4.78 is 37.7. The number of ether oxygens (including phenoxy) is 1. The van der Waals surface area contributed by atoms with Crippen molar-refractivity contribution in [2.45, 2.75) is 44.9 Å². The number of benzene rings is 2. The first kappa shape index (κ1) is 27.5. The third kappa shape index (κ3) is 5.19. The van der Waals surface area contributed by atoms with Crippen molar-refractivity contribution < 1.29 is 28.1 Å². The molecule has 6 nitrogen and oxygen atoms in total. The number of carbonyl (C=O) groups is 1. The van der Waals surface area contributed by atoms with Crippen molar-refractivity contribution in [2.75, 3.05) is 7.11 Å². The number of aromatic nitrogens is 1. The Morgan fingerprint density at radius 1 is 1.14 bits per heavy atom. The first-order valence-corrected chi connectivity index (χ1v) is 12.9. The first-order valence-electron chi connectivity index (χ1n) is 11.6. The summed E-state index contributed by atoms with van der Waals surface area (Å²) in [6, 6.07) is 15.6.